The minimum atomic E-state index is 1.00. The number of hydrogen-bond acceptors (Lipinski definition) is 2. The third-order valence-corrected chi connectivity index (χ3v) is 4.32. The number of H-pyrrole nitrogens is 1. The first-order valence-electron chi connectivity index (χ1n) is 7.67. The molecule has 4 aromatic rings. The largest absolute Gasteiger partial charge is 0.331 e. The number of aromatic amines is 1. The predicted molar refractivity (Wildman–Crippen MR) is 93.2 cm³/mol. The highest BCUT2D eigenvalue weighted by Crippen LogP contribution is 2.33. The van der Waals surface area contributed by atoms with Crippen LogP contribution in [0.4, 0.5) is 0 Å². The number of aromatic nitrogens is 4. The molecule has 0 fully saturated rings. The van der Waals surface area contributed by atoms with Crippen molar-refractivity contribution in [3.63, 3.8) is 0 Å². The third-order valence-electron chi connectivity index (χ3n) is 4.32. The Morgan fingerprint density at radius 3 is 2.70 bits per heavy atom. The second-order valence-electron chi connectivity index (χ2n) is 5.96. The van der Waals surface area contributed by atoms with Crippen molar-refractivity contribution in [3.8, 4) is 22.5 Å². The third kappa shape index (κ3) is 2.23. The monoisotopic (exact) mass is 302 g/mol. The predicted octanol–water partition coefficient (Wildman–Crippen LogP) is 4.25. The van der Waals surface area contributed by atoms with E-state index in [9.17, 15) is 0 Å². The molecule has 0 unspecified atom stereocenters. The van der Waals surface area contributed by atoms with Gasteiger partial charge in [-0.15, -0.1) is 0 Å². The summed E-state index contributed by atoms with van der Waals surface area (Å²) in [4.78, 5) is 4.81. The van der Waals surface area contributed by atoms with Gasteiger partial charge in [-0.2, -0.15) is 5.10 Å². The van der Waals surface area contributed by atoms with Gasteiger partial charge in [-0.3, -0.25) is 5.10 Å². The number of benzene rings is 2. The molecule has 23 heavy (non-hydrogen) atoms. The lowest BCUT2D eigenvalue weighted by molar-refractivity contribution is 0.865. The molecular weight excluding hydrogens is 284 g/mol. The van der Waals surface area contributed by atoms with E-state index in [2.05, 4.69) is 71.2 Å². The lowest BCUT2D eigenvalue weighted by Gasteiger charge is -2.08. The van der Waals surface area contributed by atoms with E-state index in [1.165, 1.54) is 5.56 Å². The highest BCUT2D eigenvalue weighted by molar-refractivity contribution is 5.87. The van der Waals surface area contributed by atoms with Crippen LogP contribution >= 0.6 is 0 Å². The summed E-state index contributed by atoms with van der Waals surface area (Å²) in [7, 11) is 2.07. The number of imidazole rings is 1. The minimum Gasteiger partial charge on any atom is -0.331 e. The second-order valence-corrected chi connectivity index (χ2v) is 5.96. The van der Waals surface area contributed by atoms with Crippen molar-refractivity contribution in [2.45, 2.75) is 13.8 Å². The molecule has 2 heterocycles. The zero-order valence-electron chi connectivity index (χ0n) is 13.5. The lowest BCUT2D eigenvalue weighted by Crippen LogP contribution is -1.95. The van der Waals surface area contributed by atoms with Gasteiger partial charge in [0.2, 0.25) is 0 Å². The number of rotatable bonds is 2. The van der Waals surface area contributed by atoms with E-state index in [0.29, 0.717) is 0 Å². The fraction of sp³-hybridized carbons (Fsp3) is 0.158. The summed E-state index contributed by atoms with van der Waals surface area (Å²) in [6, 6.07) is 14.8. The van der Waals surface area contributed by atoms with Crippen molar-refractivity contribution in [3.05, 3.63) is 60.0 Å². The molecule has 4 nitrogen and oxygen atoms in total. The molecule has 0 atom stereocenters. The topological polar surface area (TPSA) is 46.5 Å². The number of nitrogens with zero attached hydrogens (tertiary/aromatic N) is 3. The Bertz CT molecular complexity index is 1010. The Hall–Kier alpha value is -2.88. The Morgan fingerprint density at radius 2 is 1.87 bits per heavy atom. The second kappa shape index (κ2) is 5.09. The molecule has 114 valence electrons. The van der Waals surface area contributed by atoms with Crippen LogP contribution < -0.4 is 0 Å². The molecule has 2 aromatic carbocycles. The number of nitrogens with one attached hydrogen (secondary N) is 1. The Kier molecular flexibility index (Phi) is 3.05. The van der Waals surface area contributed by atoms with Gasteiger partial charge in [0.15, 0.2) is 0 Å². The molecule has 4 rings (SSSR count). The van der Waals surface area contributed by atoms with Gasteiger partial charge < -0.3 is 4.57 Å². The van der Waals surface area contributed by atoms with Crippen LogP contribution in [0.5, 0.6) is 0 Å². The van der Waals surface area contributed by atoms with E-state index >= 15 is 0 Å². The summed E-state index contributed by atoms with van der Waals surface area (Å²) >= 11 is 0. The minimum absolute atomic E-state index is 1.00. The SMILES string of the molecule is Cc1cccc(-c2nc(C)n(C)c2-c2ccc3[nH]ncc3c2)c1. The van der Waals surface area contributed by atoms with Crippen LogP contribution in [0.15, 0.2) is 48.7 Å². The van der Waals surface area contributed by atoms with Gasteiger partial charge >= 0.3 is 0 Å². The Labute approximate surface area is 134 Å². The van der Waals surface area contributed by atoms with Crippen LogP contribution in [0.3, 0.4) is 0 Å². The van der Waals surface area contributed by atoms with Gasteiger partial charge in [0.05, 0.1) is 23.1 Å². The van der Waals surface area contributed by atoms with Gasteiger partial charge in [0.1, 0.15) is 5.82 Å². The zero-order valence-corrected chi connectivity index (χ0v) is 13.5. The summed E-state index contributed by atoms with van der Waals surface area (Å²) in [6.45, 7) is 4.15. The summed E-state index contributed by atoms with van der Waals surface area (Å²) < 4.78 is 2.15. The number of hydrogen-bond donors (Lipinski definition) is 1. The molecule has 4 heteroatoms. The highest BCUT2D eigenvalue weighted by Gasteiger charge is 2.16. The Balaban J connectivity index is 1.97. The first-order valence-corrected chi connectivity index (χ1v) is 7.67. The molecule has 0 amide bonds. The maximum atomic E-state index is 4.81. The molecule has 0 aliphatic carbocycles. The molecule has 2 aromatic heterocycles. The van der Waals surface area contributed by atoms with Gasteiger partial charge in [-0.25, -0.2) is 4.98 Å². The fourth-order valence-electron chi connectivity index (χ4n) is 3.02. The summed E-state index contributed by atoms with van der Waals surface area (Å²) in [5, 5.41) is 8.22. The van der Waals surface area contributed by atoms with Crippen LogP contribution in [0.1, 0.15) is 11.4 Å². The van der Waals surface area contributed by atoms with Crippen LogP contribution in [0.2, 0.25) is 0 Å². The van der Waals surface area contributed by atoms with E-state index in [1.807, 2.05) is 13.1 Å². The molecule has 0 aliphatic heterocycles. The van der Waals surface area contributed by atoms with Crippen molar-refractivity contribution in [1.82, 2.24) is 19.7 Å². The fourth-order valence-corrected chi connectivity index (χ4v) is 3.02. The van der Waals surface area contributed by atoms with Crippen molar-refractivity contribution < 1.29 is 0 Å². The highest BCUT2D eigenvalue weighted by atomic mass is 15.1. The molecular formula is C19H18N4. The maximum Gasteiger partial charge on any atom is 0.106 e. The lowest BCUT2D eigenvalue weighted by atomic mass is 10.0. The van der Waals surface area contributed by atoms with E-state index in [0.717, 1.165) is 39.2 Å². The molecule has 0 saturated carbocycles. The average Bonchev–Trinajstić information content (AvgIpc) is 3.12. The van der Waals surface area contributed by atoms with Gasteiger partial charge in [0.25, 0.3) is 0 Å². The number of aryl methyl sites for hydroxylation is 2. The van der Waals surface area contributed by atoms with Crippen molar-refractivity contribution in [2.24, 2.45) is 7.05 Å². The van der Waals surface area contributed by atoms with E-state index in [-0.39, 0.29) is 0 Å². The number of fused-ring (bicyclic) bond motifs is 1. The first-order chi connectivity index (χ1) is 11.1. The normalized spacial score (nSPS) is 11.3. The van der Waals surface area contributed by atoms with Crippen molar-refractivity contribution >= 4 is 10.9 Å². The van der Waals surface area contributed by atoms with E-state index in [1.54, 1.807) is 0 Å². The van der Waals surface area contributed by atoms with Crippen molar-refractivity contribution in [1.29, 1.82) is 0 Å². The Morgan fingerprint density at radius 1 is 1.00 bits per heavy atom. The van der Waals surface area contributed by atoms with Gasteiger partial charge in [-0.1, -0.05) is 29.8 Å². The quantitative estimate of drug-likeness (QED) is 0.602. The van der Waals surface area contributed by atoms with Crippen LogP contribution in [-0.4, -0.2) is 19.7 Å². The average molecular weight is 302 g/mol. The van der Waals surface area contributed by atoms with Gasteiger partial charge in [-0.05, 0) is 32.0 Å². The van der Waals surface area contributed by atoms with Gasteiger partial charge in [0, 0.05) is 23.6 Å². The zero-order chi connectivity index (χ0) is 16.0. The van der Waals surface area contributed by atoms with Crippen LogP contribution in [0, 0.1) is 13.8 Å². The molecule has 0 radical (unpaired) electrons. The molecule has 0 spiro atoms. The summed E-state index contributed by atoms with van der Waals surface area (Å²) in [6.07, 6.45) is 1.86. The smallest absolute Gasteiger partial charge is 0.106 e. The van der Waals surface area contributed by atoms with Crippen LogP contribution in [-0.2, 0) is 7.05 Å². The summed E-state index contributed by atoms with van der Waals surface area (Å²) in [5.41, 5.74) is 6.74. The maximum absolute atomic E-state index is 4.81. The first kappa shape index (κ1) is 13.8. The standard InChI is InChI=1S/C19H18N4/c1-12-5-4-6-14(9-12)18-19(23(3)13(2)21-18)15-7-8-17-16(10-15)11-20-22-17/h4-11H,1-3H3,(H,20,22). The molecule has 0 saturated heterocycles. The van der Waals surface area contributed by atoms with Crippen LogP contribution in [0.25, 0.3) is 33.4 Å². The van der Waals surface area contributed by atoms with Crippen molar-refractivity contribution in [2.75, 3.05) is 0 Å². The molecule has 0 aliphatic rings. The van der Waals surface area contributed by atoms with E-state index in [4.69, 9.17) is 4.98 Å². The van der Waals surface area contributed by atoms with E-state index < -0.39 is 0 Å². The molecule has 0 bridgehead atoms. The molecule has 1 N–H and O–H groups in total. The summed E-state index contributed by atoms with van der Waals surface area (Å²) in [5.74, 6) is 1.00.